The normalized spacial score (nSPS) is 10.4. The Morgan fingerprint density at radius 3 is 2.90 bits per heavy atom. The zero-order chi connectivity index (χ0) is 13.9. The summed E-state index contributed by atoms with van der Waals surface area (Å²) in [5, 5.41) is 6.48. The topological polar surface area (TPSA) is 82.7 Å². The number of benzene rings is 1. The summed E-state index contributed by atoms with van der Waals surface area (Å²) in [7, 11) is 1.77. The number of para-hydroxylation sites is 1. The van der Waals surface area contributed by atoms with Gasteiger partial charge in [-0.1, -0.05) is 18.2 Å². The third kappa shape index (κ3) is 2.18. The van der Waals surface area contributed by atoms with Crippen molar-refractivity contribution in [3.8, 4) is 0 Å². The molecular formula is C14H13N5O. The zero-order valence-corrected chi connectivity index (χ0v) is 10.8. The van der Waals surface area contributed by atoms with Crippen LogP contribution in [-0.2, 0) is 0 Å². The molecule has 0 aliphatic heterocycles. The van der Waals surface area contributed by atoms with Crippen LogP contribution in [0, 0.1) is 0 Å². The van der Waals surface area contributed by atoms with Gasteiger partial charge in [0.1, 0.15) is 5.82 Å². The highest BCUT2D eigenvalue weighted by atomic mass is 16.1. The van der Waals surface area contributed by atoms with E-state index in [9.17, 15) is 4.79 Å². The lowest BCUT2D eigenvalue weighted by Gasteiger charge is -2.08. The number of rotatable bonds is 3. The first-order chi connectivity index (χ1) is 9.78. The Hall–Kier alpha value is -2.89. The van der Waals surface area contributed by atoms with Gasteiger partial charge in [-0.25, -0.2) is 9.97 Å². The van der Waals surface area contributed by atoms with Crippen molar-refractivity contribution in [1.29, 1.82) is 0 Å². The summed E-state index contributed by atoms with van der Waals surface area (Å²) in [4.78, 5) is 23.6. The van der Waals surface area contributed by atoms with Crippen molar-refractivity contribution in [2.24, 2.45) is 0 Å². The third-order valence-corrected chi connectivity index (χ3v) is 2.95. The van der Waals surface area contributed by atoms with Gasteiger partial charge in [-0.3, -0.25) is 10.1 Å². The molecular weight excluding hydrogens is 254 g/mol. The molecule has 0 fully saturated rings. The summed E-state index contributed by atoms with van der Waals surface area (Å²) >= 11 is 0. The van der Waals surface area contributed by atoms with Crippen LogP contribution in [0.25, 0.3) is 10.9 Å². The van der Waals surface area contributed by atoms with Gasteiger partial charge in [0, 0.05) is 24.8 Å². The highest BCUT2D eigenvalue weighted by Crippen LogP contribution is 2.21. The quantitative estimate of drug-likeness (QED) is 0.679. The van der Waals surface area contributed by atoms with Crippen LogP contribution in [0.15, 0.2) is 42.7 Å². The van der Waals surface area contributed by atoms with Gasteiger partial charge in [0.25, 0.3) is 5.91 Å². The predicted octanol–water partition coefficient (Wildman–Crippen LogP) is 2.25. The van der Waals surface area contributed by atoms with Crippen molar-refractivity contribution in [3.63, 3.8) is 0 Å². The lowest BCUT2D eigenvalue weighted by molar-refractivity contribution is 0.102. The second kappa shape index (κ2) is 5.00. The molecule has 0 aliphatic carbocycles. The first-order valence-corrected chi connectivity index (χ1v) is 6.16. The van der Waals surface area contributed by atoms with Gasteiger partial charge in [0.2, 0.25) is 5.95 Å². The highest BCUT2D eigenvalue weighted by Gasteiger charge is 2.13. The van der Waals surface area contributed by atoms with E-state index in [1.54, 1.807) is 25.5 Å². The van der Waals surface area contributed by atoms with E-state index in [2.05, 4.69) is 25.6 Å². The monoisotopic (exact) mass is 267 g/mol. The number of anilines is 2. The molecule has 3 N–H and O–H groups in total. The molecule has 0 atom stereocenters. The summed E-state index contributed by atoms with van der Waals surface area (Å²) in [6.07, 6.45) is 3.23. The van der Waals surface area contributed by atoms with Gasteiger partial charge in [0.15, 0.2) is 0 Å². The summed E-state index contributed by atoms with van der Waals surface area (Å²) in [6, 6.07) is 9.25. The Bertz CT molecular complexity index is 751. The number of hydrogen-bond acceptors (Lipinski definition) is 4. The summed E-state index contributed by atoms with van der Waals surface area (Å²) in [6.45, 7) is 0. The number of nitrogens with zero attached hydrogens (tertiary/aromatic N) is 2. The fourth-order valence-electron chi connectivity index (χ4n) is 2.00. The molecule has 0 saturated heterocycles. The zero-order valence-electron chi connectivity index (χ0n) is 10.8. The van der Waals surface area contributed by atoms with Crippen molar-refractivity contribution >= 4 is 28.6 Å². The fraction of sp³-hybridized carbons (Fsp3) is 0.0714. The number of carbonyl (C=O) groups is 1. The highest BCUT2D eigenvalue weighted by molar-refractivity contribution is 6.12. The van der Waals surface area contributed by atoms with Crippen LogP contribution in [0.5, 0.6) is 0 Å². The summed E-state index contributed by atoms with van der Waals surface area (Å²) < 4.78 is 0. The summed E-state index contributed by atoms with van der Waals surface area (Å²) in [5.41, 5.74) is 1.32. The number of pyridine rings is 1. The number of aromatic amines is 1. The molecule has 100 valence electrons. The van der Waals surface area contributed by atoms with Gasteiger partial charge in [0.05, 0.1) is 11.1 Å². The number of carbonyl (C=O) groups excluding carboxylic acids is 1. The molecule has 1 amide bonds. The van der Waals surface area contributed by atoms with E-state index in [4.69, 9.17) is 0 Å². The standard InChI is InChI=1S/C14H13N5O/c1-15-12-8-10(9-4-2-3-5-11(9)18-12)13(20)19-14-16-6-7-17-14/h2-8H,1H3,(H,15,18)(H2,16,17,19,20). The van der Waals surface area contributed by atoms with Crippen molar-refractivity contribution in [2.45, 2.75) is 0 Å². The van der Waals surface area contributed by atoms with Gasteiger partial charge in [-0.05, 0) is 12.1 Å². The molecule has 0 bridgehead atoms. The maximum absolute atomic E-state index is 12.4. The van der Waals surface area contributed by atoms with Gasteiger partial charge in [-0.15, -0.1) is 0 Å². The number of aromatic nitrogens is 3. The van der Waals surface area contributed by atoms with Crippen LogP contribution in [-0.4, -0.2) is 27.9 Å². The molecule has 3 aromatic rings. The first kappa shape index (κ1) is 12.2. The number of fused-ring (bicyclic) bond motifs is 1. The van der Waals surface area contributed by atoms with Crippen LogP contribution in [0.4, 0.5) is 11.8 Å². The smallest absolute Gasteiger partial charge is 0.258 e. The number of H-pyrrole nitrogens is 1. The lowest BCUT2D eigenvalue weighted by atomic mass is 10.1. The average molecular weight is 267 g/mol. The number of nitrogens with one attached hydrogen (secondary N) is 3. The van der Waals surface area contributed by atoms with E-state index in [1.807, 2.05) is 24.3 Å². The predicted molar refractivity (Wildman–Crippen MR) is 77.8 cm³/mol. The molecule has 6 heteroatoms. The Kier molecular flexibility index (Phi) is 3.04. The first-order valence-electron chi connectivity index (χ1n) is 6.16. The van der Waals surface area contributed by atoms with E-state index in [0.29, 0.717) is 17.3 Å². The van der Waals surface area contributed by atoms with Crippen molar-refractivity contribution in [3.05, 3.63) is 48.3 Å². The fourth-order valence-corrected chi connectivity index (χ4v) is 2.00. The van der Waals surface area contributed by atoms with Crippen LogP contribution in [0.3, 0.4) is 0 Å². The Morgan fingerprint density at radius 1 is 1.30 bits per heavy atom. The van der Waals surface area contributed by atoms with Crippen LogP contribution in [0.2, 0.25) is 0 Å². The molecule has 0 saturated carbocycles. The second-order valence-electron chi connectivity index (χ2n) is 4.21. The van der Waals surface area contributed by atoms with E-state index < -0.39 is 0 Å². The molecule has 3 rings (SSSR count). The molecule has 0 aliphatic rings. The molecule has 2 aromatic heterocycles. The SMILES string of the molecule is CNc1cc(C(=O)Nc2ncc[nH]2)c2ccccc2n1. The molecule has 20 heavy (non-hydrogen) atoms. The maximum atomic E-state index is 12.4. The Labute approximate surface area is 115 Å². The van der Waals surface area contributed by atoms with E-state index in [1.165, 1.54) is 0 Å². The minimum atomic E-state index is -0.227. The van der Waals surface area contributed by atoms with Crippen molar-refractivity contribution < 1.29 is 4.79 Å². The second-order valence-corrected chi connectivity index (χ2v) is 4.21. The van der Waals surface area contributed by atoms with Crippen LogP contribution in [0.1, 0.15) is 10.4 Å². The lowest BCUT2D eigenvalue weighted by Crippen LogP contribution is -2.14. The van der Waals surface area contributed by atoms with E-state index in [-0.39, 0.29) is 5.91 Å². The van der Waals surface area contributed by atoms with Crippen LogP contribution >= 0.6 is 0 Å². The molecule has 0 unspecified atom stereocenters. The Balaban J connectivity index is 2.07. The van der Waals surface area contributed by atoms with Gasteiger partial charge >= 0.3 is 0 Å². The van der Waals surface area contributed by atoms with Gasteiger partial charge in [-0.2, -0.15) is 0 Å². The molecule has 0 spiro atoms. The number of hydrogen-bond donors (Lipinski definition) is 3. The number of amides is 1. The van der Waals surface area contributed by atoms with Crippen LogP contribution < -0.4 is 10.6 Å². The minimum Gasteiger partial charge on any atom is -0.373 e. The summed E-state index contributed by atoms with van der Waals surface area (Å²) in [5.74, 6) is 0.838. The van der Waals surface area contributed by atoms with E-state index in [0.717, 1.165) is 10.9 Å². The molecule has 6 nitrogen and oxygen atoms in total. The maximum Gasteiger partial charge on any atom is 0.258 e. The Morgan fingerprint density at radius 2 is 2.15 bits per heavy atom. The molecule has 2 heterocycles. The van der Waals surface area contributed by atoms with E-state index >= 15 is 0 Å². The largest absolute Gasteiger partial charge is 0.373 e. The third-order valence-electron chi connectivity index (χ3n) is 2.95. The molecule has 0 radical (unpaired) electrons. The van der Waals surface area contributed by atoms with Crippen molar-refractivity contribution in [2.75, 3.05) is 17.7 Å². The number of imidazole rings is 1. The van der Waals surface area contributed by atoms with Gasteiger partial charge < -0.3 is 10.3 Å². The van der Waals surface area contributed by atoms with Crippen molar-refractivity contribution in [1.82, 2.24) is 15.0 Å². The molecule has 1 aromatic carbocycles. The average Bonchev–Trinajstić information content (AvgIpc) is 2.98. The minimum absolute atomic E-state index is 0.227.